The molecule has 142 valence electrons. The van der Waals surface area contributed by atoms with Gasteiger partial charge in [0, 0.05) is 23.1 Å². The maximum absolute atomic E-state index is 11.3. The number of nitrogens with one attached hydrogen (secondary N) is 1. The van der Waals surface area contributed by atoms with Gasteiger partial charge in [-0.2, -0.15) is 0 Å². The quantitative estimate of drug-likeness (QED) is 0.856. The second-order valence-electron chi connectivity index (χ2n) is 7.08. The van der Waals surface area contributed by atoms with E-state index in [0.717, 1.165) is 36.0 Å². The number of benzene rings is 1. The Morgan fingerprint density at radius 2 is 1.92 bits per heavy atom. The summed E-state index contributed by atoms with van der Waals surface area (Å²) in [6, 6.07) is 8.01. The van der Waals surface area contributed by atoms with Crippen molar-refractivity contribution in [3.8, 4) is 0 Å². The molecule has 26 heavy (non-hydrogen) atoms. The van der Waals surface area contributed by atoms with Crippen LogP contribution in [0.3, 0.4) is 0 Å². The number of fused-ring (bicyclic) bond motifs is 1. The summed E-state index contributed by atoms with van der Waals surface area (Å²) < 4.78 is 22.5. The molecule has 6 nitrogen and oxygen atoms in total. The van der Waals surface area contributed by atoms with Gasteiger partial charge in [0.15, 0.2) is 9.84 Å². The molecule has 2 aromatic rings. The number of hydrogen-bond donors (Lipinski definition) is 2. The third-order valence-corrected chi connectivity index (χ3v) is 6.88. The number of aliphatic carboxylic acids is 1. The van der Waals surface area contributed by atoms with Gasteiger partial charge in [-0.1, -0.05) is 24.6 Å². The molecule has 1 aromatic heterocycles. The van der Waals surface area contributed by atoms with E-state index >= 15 is 0 Å². The summed E-state index contributed by atoms with van der Waals surface area (Å²) in [5.41, 5.74) is 1.82. The van der Waals surface area contributed by atoms with Gasteiger partial charge in [-0.25, -0.2) is 8.42 Å². The van der Waals surface area contributed by atoms with Crippen molar-refractivity contribution in [3.05, 3.63) is 36.0 Å². The summed E-state index contributed by atoms with van der Waals surface area (Å²) in [4.78, 5) is 15.9. The first kappa shape index (κ1) is 18.9. The van der Waals surface area contributed by atoms with Gasteiger partial charge in [-0.15, -0.1) is 0 Å². The van der Waals surface area contributed by atoms with E-state index in [4.69, 9.17) is 5.11 Å². The number of sulfone groups is 1. The molecule has 0 bridgehead atoms. The van der Waals surface area contributed by atoms with E-state index in [9.17, 15) is 13.2 Å². The highest BCUT2D eigenvalue weighted by Crippen LogP contribution is 2.21. The Balaban J connectivity index is 0.000000151. The molecular formula is C19H26N2O4S. The molecule has 2 saturated heterocycles. The van der Waals surface area contributed by atoms with Crippen LogP contribution in [0.4, 0.5) is 0 Å². The number of nitrogens with zero attached hydrogens (tertiary/aromatic N) is 1. The summed E-state index contributed by atoms with van der Waals surface area (Å²) >= 11 is 0. The minimum absolute atomic E-state index is 0.0734. The lowest BCUT2D eigenvalue weighted by molar-refractivity contribution is -0.136. The van der Waals surface area contributed by atoms with Crippen LogP contribution in [0.1, 0.15) is 31.2 Å². The summed E-state index contributed by atoms with van der Waals surface area (Å²) in [5, 5.41) is 9.62. The molecule has 3 heterocycles. The summed E-state index contributed by atoms with van der Waals surface area (Å²) in [5.74, 6) is 0.0194. The van der Waals surface area contributed by atoms with E-state index in [1.54, 1.807) is 6.20 Å². The van der Waals surface area contributed by atoms with E-state index in [1.807, 2.05) is 24.3 Å². The summed E-state index contributed by atoms with van der Waals surface area (Å²) in [6.07, 6.45) is 6.49. The zero-order valence-electron chi connectivity index (χ0n) is 14.9. The molecule has 2 N–H and O–H groups in total. The number of carbonyl (C=O) groups is 1. The van der Waals surface area contributed by atoms with Gasteiger partial charge < -0.3 is 10.1 Å². The first-order valence-corrected chi connectivity index (χ1v) is 11.0. The molecule has 0 spiro atoms. The molecular weight excluding hydrogens is 352 g/mol. The van der Waals surface area contributed by atoms with Crippen LogP contribution in [0.2, 0.25) is 0 Å². The van der Waals surface area contributed by atoms with E-state index in [-0.39, 0.29) is 6.42 Å². The maximum Gasteiger partial charge on any atom is 0.307 e. The lowest BCUT2D eigenvalue weighted by atomic mass is 10.1. The van der Waals surface area contributed by atoms with Crippen LogP contribution in [0.5, 0.6) is 0 Å². The van der Waals surface area contributed by atoms with Gasteiger partial charge in [0.05, 0.1) is 17.9 Å². The smallest absolute Gasteiger partial charge is 0.307 e. The van der Waals surface area contributed by atoms with Crippen molar-refractivity contribution in [3.63, 3.8) is 0 Å². The van der Waals surface area contributed by atoms with Gasteiger partial charge >= 0.3 is 5.97 Å². The fraction of sp³-hybridized carbons (Fsp3) is 0.526. The molecule has 2 fully saturated rings. The summed E-state index contributed by atoms with van der Waals surface area (Å²) in [6.45, 7) is 2.22. The molecule has 1 unspecified atom stereocenters. The Morgan fingerprint density at radius 1 is 1.19 bits per heavy atom. The molecule has 1 aromatic carbocycles. The maximum atomic E-state index is 11.3. The van der Waals surface area contributed by atoms with Gasteiger partial charge in [-0.05, 0) is 44.0 Å². The topological polar surface area (TPSA) is 90.5 Å². The molecule has 0 radical (unpaired) electrons. The van der Waals surface area contributed by atoms with Crippen molar-refractivity contribution >= 4 is 26.7 Å². The number of H-pyrrole nitrogens is 1. The Bertz CT molecular complexity index is 853. The average molecular weight is 378 g/mol. The second kappa shape index (κ2) is 8.22. The van der Waals surface area contributed by atoms with Crippen molar-refractivity contribution < 1.29 is 18.3 Å². The first-order valence-electron chi connectivity index (χ1n) is 9.16. The Kier molecular flexibility index (Phi) is 5.98. The van der Waals surface area contributed by atoms with Crippen LogP contribution < -0.4 is 0 Å². The number of likely N-dealkylation sites (tertiary alicyclic amines) is 1. The average Bonchev–Trinajstić information content (AvgIpc) is 3.19. The Hall–Kier alpha value is -1.86. The van der Waals surface area contributed by atoms with Gasteiger partial charge in [0.25, 0.3) is 0 Å². The fourth-order valence-corrected chi connectivity index (χ4v) is 5.55. The number of carboxylic acid groups (broad SMARTS) is 1. The van der Waals surface area contributed by atoms with Crippen molar-refractivity contribution in [2.75, 3.05) is 24.6 Å². The zero-order valence-corrected chi connectivity index (χ0v) is 15.7. The molecule has 0 saturated carbocycles. The van der Waals surface area contributed by atoms with Crippen LogP contribution in [-0.4, -0.2) is 60.0 Å². The van der Waals surface area contributed by atoms with Gasteiger partial charge in [-0.3, -0.25) is 9.69 Å². The van der Waals surface area contributed by atoms with E-state index in [2.05, 4.69) is 9.88 Å². The number of aromatic amines is 1. The lowest BCUT2D eigenvalue weighted by Gasteiger charge is -2.31. The number of piperidine rings is 1. The molecule has 0 aliphatic carbocycles. The third-order valence-electron chi connectivity index (χ3n) is 5.13. The first-order chi connectivity index (χ1) is 12.4. The normalized spacial score (nSPS) is 22.7. The largest absolute Gasteiger partial charge is 0.481 e. The van der Waals surface area contributed by atoms with Crippen molar-refractivity contribution in [2.24, 2.45) is 0 Å². The second-order valence-corrected chi connectivity index (χ2v) is 9.31. The number of hydrogen-bond acceptors (Lipinski definition) is 4. The minimum atomic E-state index is -2.69. The Labute approximate surface area is 154 Å². The monoisotopic (exact) mass is 378 g/mol. The number of carboxylic acids is 1. The molecule has 7 heteroatoms. The predicted octanol–water partition coefficient (Wildman–Crippen LogP) is 2.45. The van der Waals surface area contributed by atoms with Gasteiger partial charge in [0.1, 0.15) is 0 Å². The molecule has 1 atom stereocenters. The molecule has 0 amide bonds. The number of para-hydroxylation sites is 1. The lowest BCUT2D eigenvalue weighted by Crippen LogP contribution is -2.39. The van der Waals surface area contributed by atoms with E-state index in [0.29, 0.717) is 17.5 Å². The van der Waals surface area contributed by atoms with Crippen LogP contribution in [0.15, 0.2) is 30.5 Å². The number of rotatable bonds is 3. The molecule has 2 aliphatic heterocycles. The zero-order chi connectivity index (χ0) is 18.6. The Morgan fingerprint density at radius 3 is 2.58 bits per heavy atom. The van der Waals surface area contributed by atoms with Crippen LogP contribution in [0, 0.1) is 0 Å². The number of aromatic nitrogens is 1. The third kappa shape index (κ3) is 4.86. The van der Waals surface area contributed by atoms with Crippen molar-refractivity contribution in [1.82, 2.24) is 9.88 Å². The van der Waals surface area contributed by atoms with Crippen molar-refractivity contribution in [1.29, 1.82) is 0 Å². The van der Waals surface area contributed by atoms with E-state index < -0.39 is 15.8 Å². The molecule has 4 rings (SSSR count). The van der Waals surface area contributed by atoms with Crippen LogP contribution in [0.25, 0.3) is 10.9 Å². The van der Waals surface area contributed by atoms with Crippen LogP contribution in [-0.2, 0) is 21.1 Å². The highest BCUT2D eigenvalue weighted by atomic mass is 32.2. The highest BCUT2D eigenvalue weighted by molar-refractivity contribution is 7.91. The standard InChI is InChI=1S/C10H9NO2.C9H17NO2S/c12-10(13)5-7-6-11-9-4-2-1-3-8(7)9;11-13(12)7-4-9(8-13)10-5-2-1-3-6-10/h1-4,6,11H,5H2,(H,12,13);9H,1-8H2. The molecule has 2 aliphatic rings. The predicted molar refractivity (Wildman–Crippen MR) is 102 cm³/mol. The highest BCUT2D eigenvalue weighted by Gasteiger charge is 2.32. The van der Waals surface area contributed by atoms with Crippen LogP contribution >= 0.6 is 0 Å². The fourth-order valence-electron chi connectivity index (χ4n) is 3.79. The van der Waals surface area contributed by atoms with Crippen molar-refractivity contribution in [2.45, 2.75) is 38.1 Å². The SMILES string of the molecule is O=C(O)Cc1c[nH]c2ccccc12.O=S1(=O)CCC(N2CCCCC2)C1. The minimum Gasteiger partial charge on any atom is -0.481 e. The summed E-state index contributed by atoms with van der Waals surface area (Å²) in [7, 11) is -2.69. The van der Waals surface area contributed by atoms with E-state index in [1.165, 1.54) is 19.3 Å². The van der Waals surface area contributed by atoms with Gasteiger partial charge in [0.2, 0.25) is 0 Å².